The van der Waals surface area contributed by atoms with E-state index in [9.17, 15) is 0 Å². The van der Waals surface area contributed by atoms with Gasteiger partial charge < -0.3 is 5.73 Å². The largest absolute Gasteiger partial charge is 0.324 e. The van der Waals surface area contributed by atoms with Gasteiger partial charge in [0, 0.05) is 11.7 Å². The first-order chi connectivity index (χ1) is 9.21. The Hall–Kier alpha value is -2.63. The SMILES string of the molecule is CCC(N)c1ccc(-n2cnc(C#N)c2C#N)cc1. The molecule has 2 rings (SSSR count). The van der Waals surface area contributed by atoms with Crippen LogP contribution in [0.15, 0.2) is 30.6 Å². The fourth-order valence-electron chi connectivity index (χ4n) is 1.85. The molecule has 1 aromatic carbocycles. The Morgan fingerprint density at radius 1 is 1.26 bits per heavy atom. The molecule has 1 atom stereocenters. The second-order valence-corrected chi connectivity index (χ2v) is 4.14. The van der Waals surface area contributed by atoms with Gasteiger partial charge in [0.1, 0.15) is 18.5 Å². The average Bonchev–Trinajstić information content (AvgIpc) is 2.89. The van der Waals surface area contributed by atoms with E-state index in [-0.39, 0.29) is 17.4 Å². The van der Waals surface area contributed by atoms with Crippen molar-refractivity contribution in [1.29, 1.82) is 10.5 Å². The van der Waals surface area contributed by atoms with Crippen molar-refractivity contribution in [2.75, 3.05) is 0 Å². The van der Waals surface area contributed by atoms with E-state index in [1.54, 1.807) is 4.57 Å². The number of hydrogen-bond acceptors (Lipinski definition) is 4. The summed E-state index contributed by atoms with van der Waals surface area (Å²) in [4.78, 5) is 3.91. The highest BCUT2D eigenvalue weighted by Gasteiger charge is 2.11. The summed E-state index contributed by atoms with van der Waals surface area (Å²) in [5.74, 6) is 0. The lowest BCUT2D eigenvalue weighted by molar-refractivity contribution is 0.698. The summed E-state index contributed by atoms with van der Waals surface area (Å²) in [7, 11) is 0. The fourth-order valence-corrected chi connectivity index (χ4v) is 1.85. The fraction of sp³-hybridized carbons (Fsp3) is 0.214. The van der Waals surface area contributed by atoms with Gasteiger partial charge in [0.15, 0.2) is 11.4 Å². The molecule has 0 saturated heterocycles. The van der Waals surface area contributed by atoms with E-state index in [4.69, 9.17) is 16.3 Å². The number of nitriles is 2. The van der Waals surface area contributed by atoms with Crippen LogP contribution in [0.5, 0.6) is 0 Å². The van der Waals surface area contributed by atoms with Crippen molar-refractivity contribution >= 4 is 0 Å². The van der Waals surface area contributed by atoms with Gasteiger partial charge >= 0.3 is 0 Å². The summed E-state index contributed by atoms with van der Waals surface area (Å²) in [6.07, 6.45) is 2.35. The van der Waals surface area contributed by atoms with Crippen LogP contribution in [-0.2, 0) is 0 Å². The van der Waals surface area contributed by atoms with Crippen LogP contribution in [-0.4, -0.2) is 9.55 Å². The van der Waals surface area contributed by atoms with E-state index in [1.165, 1.54) is 6.33 Å². The van der Waals surface area contributed by atoms with Crippen LogP contribution in [0.1, 0.15) is 36.3 Å². The van der Waals surface area contributed by atoms with Crippen molar-refractivity contribution in [2.24, 2.45) is 5.73 Å². The molecule has 2 N–H and O–H groups in total. The molecule has 0 radical (unpaired) electrons. The Balaban J connectivity index is 2.42. The van der Waals surface area contributed by atoms with Gasteiger partial charge in [0.05, 0.1) is 0 Å². The molecular formula is C14H13N5. The van der Waals surface area contributed by atoms with Gasteiger partial charge in [-0.25, -0.2) is 4.98 Å². The van der Waals surface area contributed by atoms with E-state index in [1.807, 2.05) is 43.3 Å². The van der Waals surface area contributed by atoms with E-state index in [0.717, 1.165) is 17.7 Å². The number of aromatic nitrogens is 2. The molecule has 94 valence electrons. The third-order valence-corrected chi connectivity index (χ3v) is 3.02. The van der Waals surface area contributed by atoms with E-state index >= 15 is 0 Å². The van der Waals surface area contributed by atoms with Crippen LogP contribution in [0.3, 0.4) is 0 Å². The quantitative estimate of drug-likeness (QED) is 0.903. The molecule has 0 spiro atoms. The molecule has 0 saturated carbocycles. The third-order valence-electron chi connectivity index (χ3n) is 3.02. The summed E-state index contributed by atoms with van der Waals surface area (Å²) >= 11 is 0. The minimum absolute atomic E-state index is 0.0157. The second-order valence-electron chi connectivity index (χ2n) is 4.14. The maximum atomic E-state index is 9.08. The molecule has 0 fully saturated rings. The van der Waals surface area contributed by atoms with Crippen LogP contribution in [0, 0.1) is 22.7 Å². The normalized spacial score (nSPS) is 11.6. The van der Waals surface area contributed by atoms with Crippen molar-refractivity contribution in [3.05, 3.63) is 47.5 Å². The summed E-state index contributed by atoms with van der Waals surface area (Å²) in [5.41, 5.74) is 8.17. The topological polar surface area (TPSA) is 91.4 Å². The number of benzene rings is 1. The zero-order valence-electron chi connectivity index (χ0n) is 10.5. The number of imidazole rings is 1. The highest BCUT2D eigenvalue weighted by Crippen LogP contribution is 2.18. The third kappa shape index (κ3) is 2.33. The molecule has 5 heteroatoms. The Bertz CT molecular complexity index is 655. The van der Waals surface area contributed by atoms with Crippen molar-refractivity contribution in [1.82, 2.24) is 9.55 Å². The Kier molecular flexibility index (Phi) is 3.61. The first-order valence-electron chi connectivity index (χ1n) is 5.94. The summed E-state index contributed by atoms with van der Waals surface area (Å²) < 4.78 is 1.60. The van der Waals surface area contributed by atoms with Gasteiger partial charge in [-0.2, -0.15) is 10.5 Å². The van der Waals surface area contributed by atoms with E-state index in [2.05, 4.69) is 4.98 Å². The average molecular weight is 251 g/mol. The standard InChI is InChI=1S/C14H13N5/c1-2-12(17)10-3-5-11(6-4-10)19-9-18-13(7-15)14(19)8-16/h3-6,9,12H,2,17H2,1H3. The Morgan fingerprint density at radius 2 is 1.95 bits per heavy atom. The molecule has 0 aliphatic rings. The van der Waals surface area contributed by atoms with Gasteiger partial charge in [-0.3, -0.25) is 4.57 Å². The maximum absolute atomic E-state index is 9.08. The number of hydrogen-bond donors (Lipinski definition) is 1. The van der Waals surface area contributed by atoms with Gasteiger partial charge in [0.25, 0.3) is 0 Å². The minimum Gasteiger partial charge on any atom is -0.324 e. The molecule has 1 aromatic heterocycles. The Labute approximate surface area is 111 Å². The monoisotopic (exact) mass is 251 g/mol. The zero-order chi connectivity index (χ0) is 13.8. The van der Waals surface area contributed by atoms with Crippen molar-refractivity contribution in [3.8, 4) is 17.8 Å². The Morgan fingerprint density at radius 3 is 2.47 bits per heavy atom. The van der Waals surface area contributed by atoms with Crippen LogP contribution < -0.4 is 5.73 Å². The maximum Gasteiger partial charge on any atom is 0.177 e. The molecule has 0 bridgehead atoms. The van der Waals surface area contributed by atoms with E-state index in [0.29, 0.717) is 0 Å². The predicted molar refractivity (Wildman–Crippen MR) is 70.2 cm³/mol. The van der Waals surface area contributed by atoms with Crippen LogP contribution >= 0.6 is 0 Å². The first kappa shape index (κ1) is 12.8. The van der Waals surface area contributed by atoms with Gasteiger partial charge in [-0.1, -0.05) is 19.1 Å². The second kappa shape index (κ2) is 5.34. The highest BCUT2D eigenvalue weighted by molar-refractivity contribution is 5.45. The van der Waals surface area contributed by atoms with E-state index < -0.39 is 0 Å². The smallest absolute Gasteiger partial charge is 0.177 e. The number of nitrogens with two attached hydrogens (primary N) is 1. The van der Waals surface area contributed by atoms with Gasteiger partial charge in [-0.05, 0) is 24.1 Å². The van der Waals surface area contributed by atoms with Crippen molar-refractivity contribution < 1.29 is 0 Å². The molecule has 5 nitrogen and oxygen atoms in total. The molecule has 0 amide bonds. The molecule has 0 aliphatic heterocycles. The zero-order valence-corrected chi connectivity index (χ0v) is 10.5. The number of rotatable bonds is 3. The predicted octanol–water partition coefficient (Wildman–Crippen LogP) is 2.03. The molecule has 1 heterocycles. The first-order valence-corrected chi connectivity index (χ1v) is 5.94. The van der Waals surface area contributed by atoms with Crippen molar-refractivity contribution in [2.45, 2.75) is 19.4 Å². The highest BCUT2D eigenvalue weighted by atomic mass is 15.1. The summed E-state index contributed by atoms with van der Waals surface area (Å²) in [6.45, 7) is 2.03. The van der Waals surface area contributed by atoms with Crippen LogP contribution in [0.25, 0.3) is 5.69 Å². The summed E-state index contributed by atoms with van der Waals surface area (Å²) in [6, 6.07) is 11.5. The molecule has 2 aromatic rings. The van der Waals surface area contributed by atoms with Gasteiger partial charge in [0.2, 0.25) is 0 Å². The van der Waals surface area contributed by atoms with Crippen LogP contribution in [0.4, 0.5) is 0 Å². The van der Waals surface area contributed by atoms with Gasteiger partial charge in [-0.15, -0.1) is 0 Å². The minimum atomic E-state index is 0.0157. The lowest BCUT2D eigenvalue weighted by Crippen LogP contribution is -2.08. The molecule has 1 unspecified atom stereocenters. The number of nitrogens with zero attached hydrogens (tertiary/aromatic N) is 4. The molecule has 0 aliphatic carbocycles. The lowest BCUT2D eigenvalue weighted by atomic mass is 10.1. The van der Waals surface area contributed by atoms with Crippen LogP contribution in [0.2, 0.25) is 0 Å². The van der Waals surface area contributed by atoms with Crippen molar-refractivity contribution in [3.63, 3.8) is 0 Å². The molecular weight excluding hydrogens is 238 g/mol. The summed E-state index contributed by atoms with van der Waals surface area (Å²) in [5, 5.41) is 17.9. The molecule has 19 heavy (non-hydrogen) atoms. The lowest BCUT2D eigenvalue weighted by Gasteiger charge is -2.10.